The number of rotatable bonds is 4. The van der Waals surface area contributed by atoms with Crippen LogP contribution in [0.5, 0.6) is 0 Å². The predicted octanol–water partition coefficient (Wildman–Crippen LogP) is 2.39. The summed E-state index contributed by atoms with van der Waals surface area (Å²) >= 11 is 0. The predicted molar refractivity (Wildman–Crippen MR) is 67.7 cm³/mol. The Morgan fingerprint density at radius 1 is 1.31 bits per heavy atom. The van der Waals surface area contributed by atoms with Gasteiger partial charge in [-0.25, -0.2) is 13.1 Å². The quantitative estimate of drug-likeness (QED) is 0.829. The molecular formula is C12H25NO2S. The van der Waals surface area contributed by atoms with Gasteiger partial charge >= 0.3 is 0 Å². The first-order valence-electron chi connectivity index (χ1n) is 6.35. The van der Waals surface area contributed by atoms with Crippen LogP contribution < -0.4 is 4.72 Å². The van der Waals surface area contributed by atoms with Crippen LogP contribution in [0.1, 0.15) is 47.0 Å². The van der Waals surface area contributed by atoms with E-state index in [0.717, 1.165) is 12.8 Å². The van der Waals surface area contributed by atoms with E-state index in [1.165, 1.54) is 6.42 Å². The molecule has 0 aromatic carbocycles. The number of hydrogen-bond acceptors (Lipinski definition) is 2. The molecule has 1 rings (SSSR count). The lowest BCUT2D eigenvalue weighted by Crippen LogP contribution is -2.45. The second-order valence-electron chi connectivity index (χ2n) is 5.45. The van der Waals surface area contributed by atoms with Gasteiger partial charge < -0.3 is 0 Å². The Balaban J connectivity index is 2.72. The summed E-state index contributed by atoms with van der Waals surface area (Å²) in [6, 6.07) is 0.147. The van der Waals surface area contributed by atoms with Crippen LogP contribution in [-0.4, -0.2) is 20.2 Å². The molecule has 0 saturated heterocycles. The highest BCUT2D eigenvalue weighted by atomic mass is 32.2. The van der Waals surface area contributed by atoms with E-state index < -0.39 is 10.0 Å². The molecule has 4 heteroatoms. The minimum atomic E-state index is -3.06. The monoisotopic (exact) mass is 247 g/mol. The van der Waals surface area contributed by atoms with Gasteiger partial charge in [0.1, 0.15) is 0 Å². The molecule has 1 aliphatic rings. The zero-order chi connectivity index (χ0) is 12.3. The largest absolute Gasteiger partial charge is 0.212 e. The van der Waals surface area contributed by atoms with Crippen molar-refractivity contribution in [2.75, 3.05) is 5.75 Å². The van der Waals surface area contributed by atoms with Crippen molar-refractivity contribution < 1.29 is 8.42 Å². The zero-order valence-corrected chi connectivity index (χ0v) is 11.7. The van der Waals surface area contributed by atoms with Crippen molar-refractivity contribution in [3.8, 4) is 0 Å². The third-order valence-electron chi connectivity index (χ3n) is 3.73. The normalized spacial score (nSPS) is 31.9. The maximum atomic E-state index is 11.6. The minimum absolute atomic E-state index is 0.147. The highest BCUT2D eigenvalue weighted by molar-refractivity contribution is 7.89. The molecule has 0 amide bonds. The number of sulfonamides is 1. The smallest absolute Gasteiger partial charge is 0.211 e. The Labute approximate surface area is 100 Å². The minimum Gasteiger partial charge on any atom is -0.212 e. The van der Waals surface area contributed by atoms with Gasteiger partial charge in [0.2, 0.25) is 10.0 Å². The van der Waals surface area contributed by atoms with Gasteiger partial charge in [0, 0.05) is 6.04 Å². The van der Waals surface area contributed by atoms with Gasteiger partial charge in [0.15, 0.2) is 0 Å². The molecule has 0 aromatic rings. The van der Waals surface area contributed by atoms with Crippen LogP contribution in [0, 0.1) is 17.8 Å². The molecule has 0 heterocycles. The molecule has 1 aliphatic carbocycles. The summed E-state index contributed by atoms with van der Waals surface area (Å²) in [7, 11) is -3.06. The summed E-state index contributed by atoms with van der Waals surface area (Å²) in [5, 5.41) is 0. The lowest BCUT2D eigenvalue weighted by Gasteiger charge is -2.37. The highest BCUT2D eigenvalue weighted by Crippen LogP contribution is 2.33. The van der Waals surface area contributed by atoms with E-state index in [1.54, 1.807) is 6.92 Å². The van der Waals surface area contributed by atoms with Gasteiger partial charge in [-0.2, -0.15) is 0 Å². The lowest BCUT2D eigenvalue weighted by atomic mass is 9.74. The molecule has 3 nitrogen and oxygen atoms in total. The first-order valence-corrected chi connectivity index (χ1v) is 8.01. The number of nitrogens with one attached hydrogen (secondary N) is 1. The molecule has 3 atom stereocenters. The van der Waals surface area contributed by atoms with E-state index in [-0.39, 0.29) is 11.8 Å². The molecule has 3 unspecified atom stereocenters. The average Bonchev–Trinajstić information content (AvgIpc) is 2.16. The SMILES string of the molecule is CCS(=O)(=O)NC1CC(C)CCC1C(C)C. The van der Waals surface area contributed by atoms with Crippen LogP contribution in [0.2, 0.25) is 0 Å². The van der Waals surface area contributed by atoms with Crippen molar-refractivity contribution in [3.05, 3.63) is 0 Å². The number of hydrogen-bond donors (Lipinski definition) is 1. The zero-order valence-electron chi connectivity index (χ0n) is 10.9. The van der Waals surface area contributed by atoms with Gasteiger partial charge in [-0.3, -0.25) is 0 Å². The third-order valence-corrected chi connectivity index (χ3v) is 5.16. The van der Waals surface area contributed by atoms with Gasteiger partial charge in [-0.05, 0) is 37.5 Å². The summed E-state index contributed by atoms with van der Waals surface area (Å²) in [5.74, 6) is 1.87. The van der Waals surface area contributed by atoms with E-state index in [4.69, 9.17) is 0 Å². The first kappa shape index (κ1) is 14.0. The van der Waals surface area contributed by atoms with Gasteiger partial charge in [0.05, 0.1) is 5.75 Å². The molecule has 0 radical (unpaired) electrons. The third kappa shape index (κ3) is 3.74. The van der Waals surface area contributed by atoms with Gasteiger partial charge in [-0.1, -0.05) is 27.2 Å². The summed E-state index contributed by atoms with van der Waals surface area (Å²) in [4.78, 5) is 0. The fourth-order valence-corrected chi connectivity index (χ4v) is 3.55. The molecule has 1 N–H and O–H groups in total. The Morgan fingerprint density at radius 2 is 1.94 bits per heavy atom. The highest BCUT2D eigenvalue weighted by Gasteiger charge is 2.32. The van der Waals surface area contributed by atoms with Gasteiger partial charge in [0.25, 0.3) is 0 Å². The Morgan fingerprint density at radius 3 is 2.44 bits per heavy atom. The van der Waals surface area contributed by atoms with Crippen LogP contribution in [0.15, 0.2) is 0 Å². The topological polar surface area (TPSA) is 46.2 Å². The van der Waals surface area contributed by atoms with E-state index in [2.05, 4.69) is 25.5 Å². The van der Waals surface area contributed by atoms with Crippen LogP contribution in [0.4, 0.5) is 0 Å². The van der Waals surface area contributed by atoms with Crippen molar-refractivity contribution >= 4 is 10.0 Å². The summed E-state index contributed by atoms with van der Waals surface area (Å²) < 4.78 is 26.1. The molecule has 0 bridgehead atoms. The van der Waals surface area contributed by atoms with E-state index in [0.29, 0.717) is 17.8 Å². The van der Waals surface area contributed by atoms with Crippen LogP contribution in [-0.2, 0) is 10.0 Å². The second-order valence-corrected chi connectivity index (χ2v) is 7.50. The van der Waals surface area contributed by atoms with Crippen LogP contribution >= 0.6 is 0 Å². The van der Waals surface area contributed by atoms with Crippen molar-refractivity contribution in [2.45, 2.75) is 53.0 Å². The average molecular weight is 247 g/mol. The summed E-state index contributed by atoms with van der Waals surface area (Å²) in [6.07, 6.45) is 3.37. The second kappa shape index (κ2) is 5.50. The maximum Gasteiger partial charge on any atom is 0.211 e. The van der Waals surface area contributed by atoms with E-state index in [9.17, 15) is 8.42 Å². The van der Waals surface area contributed by atoms with E-state index in [1.807, 2.05) is 0 Å². The lowest BCUT2D eigenvalue weighted by molar-refractivity contribution is 0.188. The molecule has 0 aromatic heterocycles. The standard InChI is InChI=1S/C12H25NO2S/c1-5-16(14,15)13-12-8-10(4)6-7-11(12)9(2)3/h9-13H,5-8H2,1-4H3. The van der Waals surface area contributed by atoms with Crippen molar-refractivity contribution in [1.29, 1.82) is 0 Å². The Hall–Kier alpha value is -0.0900. The van der Waals surface area contributed by atoms with Gasteiger partial charge in [-0.15, -0.1) is 0 Å². The van der Waals surface area contributed by atoms with Crippen molar-refractivity contribution in [2.24, 2.45) is 17.8 Å². The molecule has 0 aliphatic heterocycles. The Bertz CT molecular complexity index is 311. The Kier molecular flexibility index (Phi) is 4.80. The molecule has 1 fully saturated rings. The van der Waals surface area contributed by atoms with Crippen LogP contribution in [0.3, 0.4) is 0 Å². The van der Waals surface area contributed by atoms with Crippen molar-refractivity contribution in [3.63, 3.8) is 0 Å². The molecular weight excluding hydrogens is 222 g/mol. The molecule has 96 valence electrons. The first-order chi connectivity index (χ1) is 7.35. The summed E-state index contributed by atoms with van der Waals surface area (Å²) in [5.41, 5.74) is 0. The van der Waals surface area contributed by atoms with Crippen LogP contribution in [0.25, 0.3) is 0 Å². The molecule has 0 spiro atoms. The van der Waals surface area contributed by atoms with Crippen molar-refractivity contribution in [1.82, 2.24) is 4.72 Å². The fourth-order valence-electron chi connectivity index (χ4n) is 2.65. The summed E-state index contributed by atoms with van der Waals surface area (Å²) in [6.45, 7) is 8.28. The molecule has 16 heavy (non-hydrogen) atoms. The maximum absolute atomic E-state index is 11.6. The molecule has 1 saturated carbocycles. The van der Waals surface area contributed by atoms with E-state index >= 15 is 0 Å². The fraction of sp³-hybridized carbons (Fsp3) is 1.00.